The van der Waals surface area contributed by atoms with Crippen molar-refractivity contribution >= 4 is 17.4 Å². The molecule has 148 valence electrons. The van der Waals surface area contributed by atoms with E-state index >= 15 is 0 Å². The van der Waals surface area contributed by atoms with E-state index < -0.39 is 0 Å². The first-order valence-corrected chi connectivity index (χ1v) is 9.74. The number of anilines is 1. The zero-order valence-corrected chi connectivity index (χ0v) is 16.0. The Morgan fingerprint density at radius 3 is 2.90 bits per heavy atom. The van der Waals surface area contributed by atoms with Crippen LogP contribution in [0.3, 0.4) is 0 Å². The minimum absolute atomic E-state index is 0.0187. The first-order valence-electron chi connectivity index (χ1n) is 9.74. The van der Waals surface area contributed by atoms with Crippen LogP contribution in [-0.2, 0) is 12.8 Å². The maximum Gasteiger partial charge on any atom is 0.257 e. The normalized spacial score (nSPS) is 13.0. The molecular weight excluding hydrogens is 368 g/mol. The summed E-state index contributed by atoms with van der Waals surface area (Å²) in [5.41, 5.74) is 3.34. The average Bonchev–Trinajstić information content (AvgIpc) is 3.19. The molecule has 1 amide bonds. The molecule has 0 fully saturated rings. The number of hydrogen-bond acceptors (Lipinski definition) is 5. The number of hydrogen-bond donors (Lipinski definition) is 2. The third-order valence-corrected chi connectivity index (χ3v) is 4.86. The van der Waals surface area contributed by atoms with Gasteiger partial charge in [0.2, 0.25) is 5.88 Å². The molecule has 7 nitrogen and oxygen atoms in total. The minimum atomic E-state index is -0.316. The standard InChI is InChI=1S/C22H22N4O3/c27-19-8-3-7-18-21(19)17(14-24-18)22(28)26-16-9-10-20(25-13-16)29-12-4-6-15-5-1-2-11-23-15/h1-2,5,9-11,13-14,24H,3-4,6-8,12H2,(H,26,28). The van der Waals surface area contributed by atoms with E-state index in [1.807, 2.05) is 18.2 Å². The highest BCUT2D eigenvalue weighted by atomic mass is 16.5. The lowest BCUT2D eigenvalue weighted by molar-refractivity contribution is 0.0956. The molecule has 0 radical (unpaired) electrons. The molecule has 0 saturated carbocycles. The van der Waals surface area contributed by atoms with Crippen molar-refractivity contribution in [3.63, 3.8) is 0 Å². The van der Waals surface area contributed by atoms with Crippen LogP contribution in [0.15, 0.2) is 48.9 Å². The fraction of sp³-hybridized carbons (Fsp3) is 0.273. The number of ether oxygens (including phenoxy) is 1. The van der Waals surface area contributed by atoms with Crippen molar-refractivity contribution in [3.8, 4) is 5.88 Å². The number of amides is 1. The van der Waals surface area contributed by atoms with Crippen molar-refractivity contribution in [2.45, 2.75) is 32.1 Å². The summed E-state index contributed by atoms with van der Waals surface area (Å²) >= 11 is 0. The number of ketones is 1. The lowest BCUT2D eigenvalue weighted by Crippen LogP contribution is -2.18. The summed E-state index contributed by atoms with van der Waals surface area (Å²) in [4.78, 5) is 36.3. The Morgan fingerprint density at radius 2 is 2.10 bits per heavy atom. The van der Waals surface area contributed by atoms with Gasteiger partial charge in [-0.1, -0.05) is 6.07 Å². The number of H-pyrrole nitrogens is 1. The van der Waals surface area contributed by atoms with E-state index in [1.165, 1.54) is 0 Å². The largest absolute Gasteiger partial charge is 0.478 e. The number of Topliss-reactive ketones (excluding diaryl/α,β-unsaturated/α-hetero) is 1. The Balaban J connectivity index is 1.30. The molecular formula is C22H22N4O3. The Hall–Kier alpha value is -3.48. The van der Waals surface area contributed by atoms with Gasteiger partial charge in [-0.3, -0.25) is 14.6 Å². The molecule has 3 aromatic rings. The number of pyridine rings is 2. The molecule has 0 bridgehead atoms. The third kappa shape index (κ3) is 4.51. The molecule has 29 heavy (non-hydrogen) atoms. The van der Waals surface area contributed by atoms with E-state index in [4.69, 9.17) is 4.74 Å². The van der Waals surface area contributed by atoms with Gasteiger partial charge >= 0.3 is 0 Å². The van der Waals surface area contributed by atoms with Gasteiger partial charge in [0.1, 0.15) is 0 Å². The van der Waals surface area contributed by atoms with Gasteiger partial charge in [0, 0.05) is 36.3 Å². The van der Waals surface area contributed by atoms with Gasteiger partial charge in [0.25, 0.3) is 5.91 Å². The number of aromatic nitrogens is 3. The fourth-order valence-electron chi connectivity index (χ4n) is 3.43. The molecule has 0 aromatic carbocycles. The summed E-state index contributed by atoms with van der Waals surface area (Å²) < 4.78 is 5.65. The second-order valence-electron chi connectivity index (χ2n) is 6.94. The van der Waals surface area contributed by atoms with Gasteiger partial charge in [-0.2, -0.15) is 0 Å². The van der Waals surface area contributed by atoms with Crippen LogP contribution >= 0.6 is 0 Å². The van der Waals surface area contributed by atoms with E-state index in [-0.39, 0.29) is 11.7 Å². The number of carbonyl (C=O) groups excluding carboxylic acids is 2. The topological polar surface area (TPSA) is 97.0 Å². The number of aromatic amines is 1. The predicted molar refractivity (Wildman–Crippen MR) is 108 cm³/mol. The van der Waals surface area contributed by atoms with Gasteiger partial charge in [-0.15, -0.1) is 0 Å². The first-order chi connectivity index (χ1) is 14.2. The lowest BCUT2D eigenvalue weighted by Gasteiger charge is -2.12. The smallest absolute Gasteiger partial charge is 0.257 e. The van der Waals surface area contributed by atoms with Crippen molar-refractivity contribution in [3.05, 3.63) is 71.4 Å². The Morgan fingerprint density at radius 1 is 1.17 bits per heavy atom. The zero-order chi connectivity index (χ0) is 20.1. The maximum absolute atomic E-state index is 12.6. The summed E-state index contributed by atoms with van der Waals surface area (Å²) in [5.74, 6) is 0.201. The molecule has 3 heterocycles. The number of fused-ring (bicyclic) bond motifs is 1. The molecule has 3 aromatic heterocycles. The lowest BCUT2D eigenvalue weighted by atomic mass is 9.93. The Labute approximate surface area is 168 Å². The SMILES string of the molecule is O=C(Nc1ccc(OCCCc2ccccn2)nc1)c1c[nH]c2c1C(=O)CCC2. The van der Waals surface area contributed by atoms with Crippen LogP contribution in [0.25, 0.3) is 0 Å². The average molecular weight is 390 g/mol. The van der Waals surface area contributed by atoms with E-state index in [1.54, 1.807) is 30.7 Å². The summed E-state index contributed by atoms with van der Waals surface area (Å²) in [7, 11) is 0. The van der Waals surface area contributed by atoms with Crippen LogP contribution in [0.1, 0.15) is 51.4 Å². The molecule has 1 aliphatic rings. The molecule has 2 N–H and O–H groups in total. The summed E-state index contributed by atoms with van der Waals surface area (Å²) in [6.07, 6.45) is 8.72. The van der Waals surface area contributed by atoms with Gasteiger partial charge in [0.05, 0.1) is 29.6 Å². The molecule has 7 heteroatoms. The van der Waals surface area contributed by atoms with Gasteiger partial charge < -0.3 is 15.0 Å². The number of nitrogens with zero attached hydrogens (tertiary/aromatic N) is 2. The van der Waals surface area contributed by atoms with Crippen molar-refractivity contribution in [1.82, 2.24) is 15.0 Å². The number of carbonyl (C=O) groups is 2. The Bertz CT molecular complexity index is 997. The molecule has 0 saturated heterocycles. The Kier molecular flexibility index (Phi) is 5.65. The predicted octanol–water partition coefficient (Wildman–Crippen LogP) is 3.59. The van der Waals surface area contributed by atoms with Crippen molar-refractivity contribution in [1.29, 1.82) is 0 Å². The molecule has 0 aliphatic heterocycles. The number of nitrogens with one attached hydrogen (secondary N) is 2. The third-order valence-electron chi connectivity index (χ3n) is 4.86. The van der Waals surface area contributed by atoms with Crippen LogP contribution in [0, 0.1) is 0 Å². The molecule has 4 rings (SSSR count). The summed E-state index contributed by atoms with van der Waals surface area (Å²) in [6.45, 7) is 0.535. The van der Waals surface area contributed by atoms with Crippen LogP contribution in [-0.4, -0.2) is 33.2 Å². The maximum atomic E-state index is 12.6. The van der Waals surface area contributed by atoms with Crippen LogP contribution in [0.5, 0.6) is 5.88 Å². The second kappa shape index (κ2) is 8.68. The first kappa shape index (κ1) is 18.9. The van der Waals surface area contributed by atoms with Crippen molar-refractivity contribution < 1.29 is 14.3 Å². The van der Waals surface area contributed by atoms with E-state index in [2.05, 4.69) is 20.3 Å². The molecule has 0 atom stereocenters. The van der Waals surface area contributed by atoms with Gasteiger partial charge in [-0.25, -0.2) is 4.98 Å². The highest BCUT2D eigenvalue weighted by molar-refractivity contribution is 6.13. The van der Waals surface area contributed by atoms with E-state index in [0.717, 1.165) is 37.1 Å². The van der Waals surface area contributed by atoms with Gasteiger partial charge in [-0.05, 0) is 43.9 Å². The van der Waals surface area contributed by atoms with Crippen molar-refractivity contribution in [2.24, 2.45) is 0 Å². The highest BCUT2D eigenvalue weighted by Crippen LogP contribution is 2.25. The second-order valence-corrected chi connectivity index (χ2v) is 6.94. The molecule has 0 unspecified atom stereocenters. The van der Waals surface area contributed by atoms with Gasteiger partial charge in [0.15, 0.2) is 5.78 Å². The van der Waals surface area contributed by atoms with Crippen LogP contribution in [0.2, 0.25) is 0 Å². The number of aryl methyl sites for hydroxylation is 2. The highest BCUT2D eigenvalue weighted by Gasteiger charge is 2.25. The van der Waals surface area contributed by atoms with E-state index in [0.29, 0.717) is 35.7 Å². The number of rotatable bonds is 7. The molecule has 0 spiro atoms. The quantitative estimate of drug-likeness (QED) is 0.601. The van der Waals surface area contributed by atoms with E-state index in [9.17, 15) is 9.59 Å². The van der Waals surface area contributed by atoms with Crippen molar-refractivity contribution in [2.75, 3.05) is 11.9 Å². The zero-order valence-electron chi connectivity index (χ0n) is 16.0. The minimum Gasteiger partial charge on any atom is -0.478 e. The molecule has 1 aliphatic carbocycles. The van der Waals surface area contributed by atoms with Crippen LogP contribution < -0.4 is 10.1 Å². The summed E-state index contributed by atoms with van der Waals surface area (Å²) in [6, 6.07) is 9.31. The van der Waals surface area contributed by atoms with Crippen LogP contribution in [0.4, 0.5) is 5.69 Å². The fourth-order valence-corrected chi connectivity index (χ4v) is 3.43. The monoisotopic (exact) mass is 390 g/mol. The summed E-state index contributed by atoms with van der Waals surface area (Å²) in [5, 5.41) is 2.79.